The normalized spacial score (nSPS) is 42.3. The molecule has 8 atom stereocenters. The fourth-order valence-corrected chi connectivity index (χ4v) is 7.82. The summed E-state index contributed by atoms with van der Waals surface area (Å²) >= 11 is 0. The van der Waals surface area contributed by atoms with Crippen molar-refractivity contribution in [1.29, 1.82) is 0 Å². The average molecular weight is 528 g/mol. The Morgan fingerprint density at radius 1 is 1.24 bits per heavy atom. The minimum atomic E-state index is -2.27. The molecule has 3 fully saturated rings. The highest BCUT2D eigenvalue weighted by Crippen LogP contribution is 2.67. The summed E-state index contributed by atoms with van der Waals surface area (Å²) in [6.45, 7) is 12.1. The molecule has 0 radical (unpaired) electrons. The molecule has 0 amide bonds. The van der Waals surface area contributed by atoms with Crippen molar-refractivity contribution in [3.63, 3.8) is 0 Å². The Kier molecular flexibility index (Phi) is 5.96. The lowest BCUT2D eigenvalue weighted by atomic mass is 9.40. The predicted molar refractivity (Wildman–Crippen MR) is 137 cm³/mol. The van der Waals surface area contributed by atoms with E-state index in [2.05, 4.69) is 16.9 Å². The summed E-state index contributed by atoms with van der Waals surface area (Å²) < 4.78 is 13.8. The molecule has 3 N–H and O–H groups in total. The summed E-state index contributed by atoms with van der Waals surface area (Å²) in [5, 5.41) is 43.9. The highest BCUT2D eigenvalue weighted by atomic mass is 16.6. The van der Waals surface area contributed by atoms with E-state index in [4.69, 9.17) is 9.47 Å². The molecule has 2 heterocycles. The van der Waals surface area contributed by atoms with Crippen LogP contribution in [-0.2, 0) is 25.6 Å². The number of nitrogens with zero attached hydrogens (tertiary/aromatic N) is 3. The van der Waals surface area contributed by atoms with Gasteiger partial charge in [0.25, 0.3) is 0 Å². The van der Waals surface area contributed by atoms with E-state index in [1.807, 2.05) is 19.9 Å². The molecular weight excluding hydrogens is 490 g/mol. The Morgan fingerprint density at radius 3 is 2.61 bits per heavy atom. The van der Waals surface area contributed by atoms with Gasteiger partial charge in [-0.25, -0.2) is 4.68 Å². The van der Waals surface area contributed by atoms with Gasteiger partial charge in [0.2, 0.25) is 0 Å². The van der Waals surface area contributed by atoms with Gasteiger partial charge in [-0.15, -0.1) is 11.7 Å². The van der Waals surface area contributed by atoms with Crippen LogP contribution in [0.4, 0.5) is 0 Å². The minimum absolute atomic E-state index is 0.181. The highest BCUT2D eigenvalue weighted by molar-refractivity contribution is 5.92. The number of fused-ring (bicyclic) bond motifs is 4. The zero-order chi connectivity index (χ0) is 27.9. The summed E-state index contributed by atoms with van der Waals surface area (Å²) in [7, 11) is 0. The number of ether oxygens (including phenoxy) is 2. The zero-order valence-corrected chi connectivity index (χ0v) is 22.5. The molecule has 10 heteroatoms. The number of hydrogen-bond donors (Lipinski definition) is 3. The Labute approximate surface area is 221 Å². The number of aliphatic hydroxyl groups is 3. The first kappa shape index (κ1) is 26.9. The number of Topliss-reactive ketones (excluding diaryl/α,β-unsaturated/α-hetero) is 1. The van der Waals surface area contributed by atoms with E-state index in [1.54, 1.807) is 32.0 Å². The first-order chi connectivity index (χ1) is 17.6. The van der Waals surface area contributed by atoms with Crippen molar-refractivity contribution >= 4 is 22.8 Å². The fraction of sp³-hybridized carbons (Fsp3) is 0.643. The Balaban J connectivity index is 1.61. The second-order valence-electron chi connectivity index (χ2n) is 12.5. The van der Waals surface area contributed by atoms with E-state index in [9.17, 15) is 24.9 Å². The van der Waals surface area contributed by atoms with Gasteiger partial charge in [0.05, 0.1) is 23.3 Å². The molecule has 1 saturated heterocycles. The topological polar surface area (TPSA) is 144 Å². The largest absolute Gasteiger partial charge is 0.455 e. The van der Waals surface area contributed by atoms with E-state index >= 15 is 0 Å². The molecule has 5 rings (SSSR count). The van der Waals surface area contributed by atoms with E-state index in [-0.39, 0.29) is 13.0 Å². The number of benzene rings is 1. The van der Waals surface area contributed by atoms with Gasteiger partial charge < -0.3 is 24.8 Å². The number of rotatable bonds is 4. The molecule has 2 saturated carbocycles. The number of esters is 1. The van der Waals surface area contributed by atoms with Crippen LogP contribution in [0.15, 0.2) is 36.9 Å². The van der Waals surface area contributed by atoms with Crippen LogP contribution in [0.25, 0.3) is 11.0 Å². The van der Waals surface area contributed by atoms with Crippen LogP contribution < -0.4 is 0 Å². The van der Waals surface area contributed by atoms with Crippen molar-refractivity contribution in [2.75, 3.05) is 0 Å². The van der Waals surface area contributed by atoms with E-state index in [0.29, 0.717) is 23.9 Å². The van der Waals surface area contributed by atoms with Crippen LogP contribution in [0.1, 0.15) is 53.9 Å². The van der Waals surface area contributed by atoms with Gasteiger partial charge in [0.15, 0.2) is 17.5 Å². The van der Waals surface area contributed by atoms with Gasteiger partial charge in [0.1, 0.15) is 17.7 Å². The maximum atomic E-state index is 14.0. The number of aliphatic hydroxyl groups excluding tert-OH is 2. The molecule has 4 unspecified atom stereocenters. The molecule has 2 aromatic rings. The van der Waals surface area contributed by atoms with Crippen molar-refractivity contribution in [2.45, 2.75) is 95.5 Å². The first-order valence-corrected chi connectivity index (χ1v) is 13.1. The Morgan fingerprint density at radius 2 is 1.92 bits per heavy atom. The second-order valence-corrected chi connectivity index (χ2v) is 12.5. The smallest absolute Gasteiger partial charge is 0.328 e. The molecule has 1 aromatic heterocycles. The summed E-state index contributed by atoms with van der Waals surface area (Å²) in [6, 6.07) is 7.15. The van der Waals surface area contributed by atoms with Crippen LogP contribution in [0.2, 0.25) is 0 Å². The van der Waals surface area contributed by atoms with Crippen molar-refractivity contribution in [3.05, 3.63) is 36.9 Å². The van der Waals surface area contributed by atoms with Gasteiger partial charge in [-0.05, 0) is 44.2 Å². The van der Waals surface area contributed by atoms with Gasteiger partial charge >= 0.3 is 5.97 Å². The van der Waals surface area contributed by atoms with Gasteiger partial charge in [0, 0.05) is 17.8 Å². The molecule has 3 aliphatic rings. The minimum Gasteiger partial charge on any atom is -0.455 e. The third-order valence-corrected chi connectivity index (χ3v) is 9.68. The lowest BCUT2D eigenvalue weighted by molar-refractivity contribution is -0.370. The monoisotopic (exact) mass is 527 g/mol. The number of carbonyl (C=O) groups is 2. The lowest BCUT2D eigenvalue weighted by Crippen LogP contribution is -2.86. The summed E-state index contributed by atoms with van der Waals surface area (Å²) in [6.07, 6.45) is -1.71. The standard InChI is InChI=1S/C28H37N3O7/c1-7-25(4)14-19(33)28(36)26(5)18(32)12-13-24(2,3)22(26)21(35)23(27(28,6)38-25)37-20(34)15-31-17-11-9-8-10-16(17)29-30-31/h7-11,18,21-23,32,35-36H,1,12-15H2,2-6H3/t18-,21?,22?,23?,25-,26?,27+,28-/m0/s1. The molecule has 38 heavy (non-hydrogen) atoms. The Bertz CT molecular complexity index is 1310. The molecule has 10 nitrogen and oxygen atoms in total. The quantitative estimate of drug-likeness (QED) is 0.401. The van der Waals surface area contributed by atoms with Crippen molar-refractivity contribution in [1.82, 2.24) is 15.0 Å². The SMILES string of the molecule is C=C[C@@]1(C)CC(=O)[C@]2(O)C3(C)C(C(O)C(OC(=O)Cn4nnc5ccccc54)[C@@]2(C)O1)C(C)(C)CC[C@@H]3O. The number of aromatic nitrogens is 3. The number of carbonyl (C=O) groups excluding carboxylic acids is 2. The highest BCUT2D eigenvalue weighted by Gasteiger charge is 2.81. The van der Waals surface area contributed by atoms with Crippen LogP contribution >= 0.6 is 0 Å². The van der Waals surface area contributed by atoms with E-state index in [1.165, 1.54) is 17.7 Å². The Hall–Kier alpha value is -2.66. The van der Waals surface area contributed by atoms with Crippen LogP contribution in [0.3, 0.4) is 0 Å². The van der Waals surface area contributed by atoms with Gasteiger partial charge in [-0.1, -0.05) is 44.2 Å². The van der Waals surface area contributed by atoms with E-state index < -0.39 is 63.6 Å². The summed E-state index contributed by atoms with van der Waals surface area (Å²) in [5.74, 6) is -2.08. The summed E-state index contributed by atoms with van der Waals surface area (Å²) in [5.41, 5.74) is -6.20. The number of hydrogen-bond acceptors (Lipinski definition) is 9. The van der Waals surface area contributed by atoms with Gasteiger partial charge in [-0.3, -0.25) is 9.59 Å². The third-order valence-electron chi connectivity index (χ3n) is 9.68. The molecule has 0 spiro atoms. The molecule has 0 bridgehead atoms. The maximum absolute atomic E-state index is 14.0. The molecule has 1 aliphatic heterocycles. The van der Waals surface area contributed by atoms with Crippen LogP contribution in [0, 0.1) is 16.7 Å². The molecular formula is C28H37N3O7. The van der Waals surface area contributed by atoms with Crippen LogP contribution in [0.5, 0.6) is 0 Å². The third kappa shape index (κ3) is 3.40. The zero-order valence-electron chi connectivity index (χ0n) is 22.5. The predicted octanol–water partition coefficient (Wildman–Crippen LogP) is 1.94. The van der Waals surface area contributed by atoms with Crippen molar-refractivity contribution in [3.8, 4) is 0 Å². The molecule has 1 aromatic carbocycles. The summed E-state index contributed by atoms with van der Waals surface area (Å²) in [4.78, 5) is 27.3. The van der Waals surface area contributed by atoms with Gasteiger partial charge in [-0.2, -0.15) is 0 Å². The van der Waals surface area contributed by atoms with Crippen molar-refractivity contribution in [2.24, 2.45) is 16.7 Å². The number of ketones is 1. The first-order valence-electron chi connectivity index (χ1n) is 13.1. The number of para-hydroxylation sites is 1. The molecule has 206 valence electrons. The average Bonchev–Trinajstić information content (AvgIpc) is 3.25. The second kappa shape index (κ2) is 8.42. The van der Waals surface area contributed by atoms with E-state index in [0.717, 1.165) is 0 Å². The van der Waals surface area contributed by atoms with Crippen molar-refractivity contribution < 1.29 is 34.4 Å². The maximum Gasteiger partial charge on any atom is 0.328 e. The molecule has 2 aliphatic carbocycles. The fourth-order valence-electron chi connectivity index (χ4n) is 7.82. The lowest BCUT2D eigenvalue weighted by Gasteiger charge is -2.71. The van der Waals surface area contributed by atoms with Crippen LogP contribution in [-0.4, -0.2) is 77.2 Å².